The van der Waals surface area contributed by atoms with E-state index in [0.29, 0.717) is 0 Å². The minimum Gasteiger partial charge on any atom is -0.103 e. The molecule has 45 valence electrons. The molecule has 0 aliphatic carbocycles. The van der Waals surface area contributed by atoms with Gasteiger partial charge in [0.05, 0.1) is 0 Å². The molecule has 0 aromatic rings. The Morgan fingerprint density at radius 3 is 2.62 bits per heavy atom. The molecule has 0 aliphatic heterocycles. The molecule has 0 heteroatoms. The third kappa shape index (κ3) is 5.48. The monoisotopic (exact) mass is 109 g/mol. The van der Waals surface area contributed by atoms with Crippen molar-refractivity contribution < 1.29 is 0 Å². The van der Waals surface area contributed by atoms with E-state index in [1.807, 2.05) is 13.0 Å². The van der Waals surface area contributed by atoms with E-state index < -0.39 is 0 Å². The Morgan fingerprint density at radius 2 is 2.12 bits per heavy atom. The Hall–Kier alpha value is -0.520. The van der Waals surface area contributed by atoms with Crippen molar-refractivity contribution in [2.45, 2.75) is 19.8 Å². The second-order valence-electron chi connectivity index (χ2n) is 1.62. The molecular weight excluding hydrogens is 96.1 g/mol. The fourth-order valence-corrected chi connectivity index (χ4v) is 0.477. The van der Waals surface area contributed by atoms with Gasteiger partial charge in [-0.15, -0.1) is 6.58 Å². The first-order chi connectivity index (χ1) is 3.91. The van der Waals surface area contributed by atoms with E-state index in [1.165, 1.54) is 0 Å². The summed E-state index contributed by atoms with van der Waals surface area (Å²) >= 11 is 0. The summed E-state index contributed by atoms with van der Waals surface area (Å²) in [5.74, 6) is 0. The molecule has 1 radical (unpaired) electrons. The second-order valence-corrected chi connectivity index (χ2v) is 1.62. The predicted molar refractivity (Wildman–Crippen MR) is 38.5 cm³/mol. The Balaban J connectivity index is 2.82. The Labute approximate surface area is 51.9 Å². The van der Waals surface area contributed by atoms with Crippen LogP contribution in [0.4, 0.5) is 0 Å². The topological polar surface area (TPSA) is 0 Å². The lowest BCUT2D eigenvalue weighted by Gasteiger charge is -1.85. The van der Waals surface area contributed by atoms with Gasteiger partial charge in [-0.05, 0) is 26.2 Å². The molecule has 0 aliphatic rings. The smallest absolute Gasteiger partial charge is 0.0170 e. The van der Waals surface area contributed by atoms with Crippen LogP contribution >= 0.6 is 0 Å². The van der Waals surface area contributed by atoms with Gasteiger partial charge in [0.15, 0.2) is 0 Å². The summed E-state index contributed by atoms with van der Waals surface area (Å²) in [6, 6.07) is 0. The van der Waals surface area contributed by atoms with E-state index in [-0.39, 0.29) is 0 Å². The average molecular weight is 109 g/mol. The number of hydrogen-bond acceptors (Lipinski definition) is 0. The predicted octanol–water partition coefficient (Wildman–Crippen LogP) is 2.73. The van der Waals surface area contributed by atoms with Crippen molar-refractivity contribution in [3.8, 4) is 0 Å². The van der Waals surface area contributed by atoms with Crippen molar-refractivity contribution in [2.75, 3.05) is 0 Å². The van der Waals surface area contributed by atoms with Crippen LogP contribution in [-0.2, 0) is 0 Å². The third-order valence-corrected chi connectivity index (χ3v) is 0.902. The van der Waals surface area contributed by atoms with Crippen LogP contribution in [0, 0.1) is 6.42 Å². The first kappa shape index (κ1) is 7.48. The van der Waals surface area contributed by atoms with Crippen LogP contribution in [0.3, 0.4) is 0 Å². The minimum absolute atomic E-state index is 1.12. The zero-order chi connectivity index (χ0) is 6.24. The first-order valence-corrected chi connectivity index (χ1v) is 2.97. The van der Waals surface area contributed by atoms with E-state index in [1.54, 1.807) is 0 Å². The summed E-state index contributed by atoms with van der Waals surface area (Å²) < 4.78 is 0. The highest BCUT2D eigenvalue weighted by Crippen LogP contribution is 1.94. The van der Waals surface area contributed by atoms with Crippen molar-refractivity contribution in [3.63, 3.8) is 0 Å². The summed E-state index contributed by atoms with van der Waals surface area (Å²) in [5, 5.41) is 0. The lowest BCUT2D eigenvalue weighted by Crippen LogP contribution is -1.67. The Bertz CT molecular complexity index is 70.1. The molecule has 0 heterocycles. The molecule has 0 amide bonds. The average Bonchev–Trinajstić information content (AvgIpc) is 1.81. The summed E-state index contributed by atoms with van der Waals surface area (Å²) in [6.45, 7) is 5.61. The van der Waals surface area contributed by atoms with E-state index in [2.05, 4.69) is 25.2 Å². The third-order valence-electron chi connectivity index (χ3n) is 0.902. The largest absolute Gasteiger partial charge is 0.103 e. The van der Waals surface area contributed by atoms with Crippen molar-refractivity contribution in [2.24, 2.45) is 0 Å². The summed E-state index contributed by atoms with van der Waals surface area (Å²) in [7, 11) is 0. The van der Waals surface area contributed by atoms with Crippen molar-refractivity contribution in [1.82, 2.24) is 0 Å². The lowest BCUT2D eigenvalue weighted by molar-refractivity contribution is 1.00. The maximum atomic E-state index is 3.58. The molecule has 0 N–H and O–H groups in total. The van der Waals surface area contributed by atoms with Crippen LogP contribution in [0.5, 0.6) is 0 Å². The molecule has 0 rings (SSSR count). The molecule has 0 aromatic carbocycles. The van der Waals surface area contributed by atoms with Crippen LogP contribution in [-0.4, -0.2) is 0 Å². The van der Waals surface area contributed by atoms with E-state index in [9.17, 15) is 0 Å². The Kier molecular flexibility index (Phi) is 6.06. The minimum atomic E-state index is 1.12. The highest BCUT2D eigenvalue weighted by Gasteiger charge is 1.76. The number of rotatable bonds is 4. The fraction of sp³-hybridized carbons (Fsp3) is 0.375. The van der Waals surface area contributed by atoms with Gasteiger partial charge in [0.2, 0.25) is 0 Å². The molecule has 0 nitrogen and oxygen atoms in total. The van der Waals surface area contributed by atoms with Gasteiger partial charge in [-0.2, -0.15) is 0 Å². The van der Waals surface area contributed by atoms with Gasteiger partial charge in [-0.3, -0.25) is 0 Å². The molecule has 0 aromatic heterocycles. The maximum absolute atomic E-state index is 3.58. The normalized spacial score (nSPS) is 10.1. The fourth-order valence-electron chi connectivity index (χ4n) is 0.477. The van der Waals surface area contributed by atoms with Gasteiger partial charge in [0, 0.05) is 0 Å². The number of hydrogen-bond donors (Lipinski definition) is 0. The van der Waals surface area contributed by atoms with Crippen molar-refractivity contribution >= 4 is 0 Å². The molecular formula is C8H13. The zero-order valence-corrected chi connectivity index (χ0v) is 5.43. The standard InChI is InChI=1S/C8H13/c1-3-5-7-8-6-4-2/h3-6H,1,7-8H2,2H3. The number of allylic oxidation sites excluding steroid dienone is 3. The van der Waals surface area contributed by atoms with E-state index in [0.717, 1.165) is 12.8 Å². The van der Waals surface area contributed by atoms with Crippen LogP contribution < -0.4 is 0 Å². The van der Waals surface area contributed by atoms with Gasteiger partial charge in [0.1, 0.15) is 0 Å². The van der Waals surface area contributed by atoms with Gasteiger partial charge < -0.3 is 0 Å². The summed E-state index contributed by atoms with van der Waals surface area (Å²) in [6.07, 6.45) is 10.4. The van der Waals surface area contributed by atoms with Crippen LogP contribution in [0.25, 0.3) is 0 Å². The van der Waals surface area contributed by atoms with Crippen molar-refractivity contribution in [1.29, 1.82) is 0 Å². The molecule has 0 spiro atoms. The summed E-state index contributed by atoms with van der Waals surface area (Å²) in [4.78, 5) is 0. The molecule has 0 bridgehead atoms. The highest BCUT2D eigenvalue weighted by atomic mass is 13.8. The quantitative estimate of drug-likeness (QED) is 0.384. The SMILES string of the molecule is C=C[CH]CCC=CC. The van der Waals surface area contributed by atoms with Gasteiger partial charge >= 0.3 is 0 Å². The summed E-state index contributed by atoms with van der Waals surface area (Å²) in [5.41, 5.74) is 0. The lowest BCUT2D eigenvalue weighted by atomic mass is 10.2. The zero-order valence-electron chi connectivity index (χ0n) is 5.43. The molecule has 0 saturated heterocycles. The van der Waals surface area contributed by atoms with Crippen LogP contribution in [0.2, 0.25) is 0 Å². The maximum Gasteiger partial charge on any atom is -0.0170 e. The highest BCUT2D eigenvalue weighted by molar-refractivity contribution is 4.89. The van der Waals surface area contributed by atoms with E-state index in [4.69, 9.17) is 0 Å². The van der Waals surface area contributed by atoms with Gasteiger partial charge in [-0.1, -0.05) is 18.2 Å². The molecule has 8 heavy (non-hydrogen) atoms. The van der Waals surface area contributed by atoms with Gasteiger partial charge in [0.25, 0.3) is 0 Å². The van der Waals surface area contributed by atoms with Gasteiger partial charge in [-0.25, -0.2) is 0 Å². The van der Waals surface area contributed by atoms with Crippen LogP contribution in [0.15, 0.2) is 24.8 Å². The van der Waals surface area contributed by atoms with E-state index >= 15 is 0 Å². The Morgan fingerprint density at radius 1 is 1.38 bits per heavy atom. The molecule has 0 atom stereocenters. The molecule has 0 unspecified atom stereocenters. The molecule has 0 saturated carbocycles. The van der Waals surface area contributed by atoms with Crippen molar-refractivity contribution in [3.05, 3.63) is 31.2 Å². The first-order valence-electron chi connectivity index (χ1n) is 2.97. The van der Waals surface area contributed by atoms with Crippen LogP contribution in [0.1, 0.15) is 19.8 Å². The number of unbranched alkanes of at least 4 members (excludes halogenated alkanes) is 2. The second kappa shape index (κ2) is 6.48. The molecule has 0 fully saturated rings.